The Labute approximate surface area is 200 Å². The van der Waals surface area contributed by atoms with Gasteiger partial charge in [-0.25, -0.2) is 4.39 Å². The molecule has 3 amide bonds. The number of hydrogen-bond acceptors (Lipinski definition) is 4. The summed E-state index contributed by atoms with van der Waals surface area (Å²) in [5.74, 6) is -2.86. The predicted octanol–water partition coefficient (Wildman–Crippen LogP) is 3.15. The molecule has 1 heterocycles. The van der Waals surface area contributed by atoms with Gasteiger partial charge >= 0.3 is 0 Å². The summed E-state index contributed by atoms with van der Waals surface area (Å²) in [6, 6.07) is 10.9. The lowest BCUT2D eigenvalue weighted by Gasteiger charge is -2.16. The van der Waals surface area contributed by atoms with Crippen molar-refractivity contribution >= 4 is 40.9 Å². The first kappa shape index (κ1) is 24.5. The molecule has 0 spiro atoms. The molecule has 33 heavy (non-hydrogen) atoms. The Hall–Kier alpha value is -3.10. The summed E-state index contributed by atoms with van der Waals surface area (Å²) in [6.07, 6.45) is 1.27. The van der Waals surface area contributed by atoms with Crippen LogP contribution in [0.5, 0.6) is 0 Å². The van der Waals surface area contributed by atoms with Gasteiger partial charge in [0.15, 0.2) is 5.76 Å². The van der Waals surface area contributed by atoms with Crippen LogP contribution in [0.25, 0.3) is 0 Å². The lowest BCUT2D eigenvalue weighted by Crippen LogP contribution is -2.39. The molecule has 2 aromatic rings. The normalized spacial score (nSPS) is 13.4. The number of nitrogens with zero attached hydrogens (tertiary/aromatic N) is 1. The van der Waals surface area contributed by atoms with Gasteiger partial charge < -0.3 is 20.6 Å². The van der Waals surface area contributed by atoms with Gasteiger partial charge in [-0.15, -0.1) is 0 Å². The van der Waals surface area contributed by atoms with Crippen LogP contribution >= 0.6 is 23.2 Å². The van der Waals surface area contributed by atoms with Gasteiger partial charge in [0, 0.05) is 13.1 Å². The van der Waals surface area contributed by atoms with Crippen LogP contribution in [0.4, 0.5) is 4.39 Å². The number of halogens is 3. The molecule has 0 atom stereocenters. The van der Waals surface area contributed by atoms with Gasteiger partial charge in [-0.1, -0.05) is 41.4 Å². The fraction of sp³-hybridized carbons (Fsp3) is 0.261. The van der Waals surface area contributed by atoms with E-state index in [9.17, 15) is 23.9 Å². The van der Waals surface area contributed by atoms with Gasteiger partial charge in [0.05, 0.1) is 22.2 Å². The second-order valence-electron chi connectivity index (χ2n) is 7.50. The third-order valence-electron chi connectivity index (χ3n) is 5.05. The highest BCUT2D eigenvalue weighted by Crippen LogP contribution is 2.23. The number of benzene rings is 2. The maximum atomic E-state index is 12.9. The Bertz CT molecular complexity index is 1090. The van der Waals surface area contributed by atoms with E-state index in [0.717, 1.165) is 10.5 Å². The molecule has 0 bridgehead atoms. The standard InChI is InChI=1S/C23H22Cl2FN3O4/c24-18-8-5-14(10-19(18)25)2-1-9-27-22(32)17-12-29(23(33)21(17)31)13-20(30)28-11-15-3-6-16(26)7-4-15/h3-8,10,31H,1-2,9,11-13H2,(H,27,32)(H,28,30). The summed E-state index contributed by atoms with van der Waals surface area (Å²) in [6.45, 7) is -0.0135. The zero-order valence-corrected chi connectivity index (χ0v) is 19.0. The molecule has 0 saturated carbocycles. The van der Waals surface area contributed by atoms with Crippen LogP contribution in [-0.4, -0.2) is 47.4 Å². The number of hydrogen-bond donors (Lipinski definition) is 3. The largest absolute Gasteiger partial charge is 0.503 e. The minimum atomic E-state index is -0.784. The molecule has 0 radical (unpaired) electrons. The van der Waals surface area contributed by atoms with Gasteiger partial charge in [0.1, 0.15) is 12.4 Å². The Kier molecular flexibility index (Phi) is 8.30. The fourth-order valence-electron chi connectivity index (χ4n) is 3.25. The van der Waals surface area contributed by atoms with Gasteiger partial charge in [0.2, 0.25) is 5.91 Å². The number of rotatable bonds is 9. The van der Waals surface area contributed by atoms with E-state index in [1.165, 1.54) is 24.3 Å². The first-order valence-corrected chi connectivity index (χ1v) is 10.9. The van der Waals surface area contributed by atoms with Crippen molar-refractivity contribution in [3.63, 3.8) is 0 Å². The van der Waals surface area contributed by atoms with E-state index in [1.807, 2.05) is 6.07 Å². The molecule has 7 nitrogen and oxygen atoms in total. The number of carbonyl (C=O) groups excluding carboxylic acids is 3. The molecular formula is C23H22Cl2FN3O4. The molecular weight excluding hydrogens is 472 g/mol. The van der Waals surface area contributed by atoms with Crippen molar-refractivity contribution < 1.29 is 23.9 Å². The Morgan fingerprint density at radius 2 is 1.73 bits per heavy atom. The van der Waals surface area contributed by atoms with Crippen LogP contribution in [0.2, 0.25) is 10.0 Å². The minimum absolute atomic E-state index is 0.0825. The van der Waals surface area contributed by atoms with Crippen LogP contribution in [-0.2, 0) is 27.3 Å². The van der Waals surface area contributed by atoms with Crippen LogP contribution < -0.4 is 10.6 Å². The Balaban J connectivity index is 1.43. The van der Waals surface area contributed by atoms with E-state index < -0.39 is 23.5 Å². The first-order chi connectivity index (χ1) is 15.7. The second-order valence-corrected chi connectivity index (χ2v) is 8.31. The summed E-state index contributed by atoms with van der Waals surface area (Å²) in [4.78, 5) is 37.9. The van der Waals surface area contributed by atoms with Crippen LogP contribution in [0.1, 0.15) is 17.5 Å². The van der Waals surface area contributed by atoms with Gasteiger partial charge in [-0.05, 0) is 48.2 Å². The van der Waals surface area contributed by atoms with Crippen molar-refractivity contribution in [1.29, 1.82) is 0 Å². The topological polar surface area (TPSA) is 98.7 Å². The van der Waals surface area contributed by atoms with Crippen LogP contribution in [0, 0.1) is 5.82 Å². The number of carbonyl (C=O) groups is 3. The fourth-order valence-corrected chi connectivity index (χ4v) is 3.57. The molecule has 0 aliphatic carbocycles. The monoisotopic (exact) mass is 493 g/mol. The molecule has 0 fully saturated rings. The lowest BCUT2D eigenvalue weighted by atomic mass is 10.1. The SMILES string of the molecule is O=C(CN1CC(C(=O)NCCCc2ccc(Cl)c(Cl)c2)=C(O)C1=O)NCc1ccc(F)cc1. The number of nitrogens with one attached hydrogen (secondary N) is 2. The highest BCUT2D eigenvalue weighted by atomic mass is 35.5. The van der Waals surface area contributed by atoms with E-state index >= 15 is 0 Å². The second kappa shape index (κ2) is 11.2. The lowest BCUT2D eigenvalue weighted by molar-refractivity contribution is -0.133. The Morgan fingerprint density at radius 1 is 1.03 bits per heavy atom. The molecule has 0 saturated heterocycles. The quantitative estimate of drug-likeness (QED) is 0.467. The van der Waals surface area contributed by atoms with Crippen molar-refractivity contribution in [2.24, 2.45) is 0 Å². The molecule has 1 aliphatic rings. The van der Waals surface area contributed by atoms with E-state index in [4.69, 9.17) is 23.2 Å². The highest BCUT2D eigenvalue weighted by Gasteiger charge is 2.34. The zero-order valence-electron chi connectivity index (χ0n) is 17.5. The van der Waals surface area contributed by atoms with Crippen molar-refractivity contribution in [1.82, 2.24) is 15.5 Å². The maximum Gasteiger partial charge on any atom is 0.290 e. The van der Waals surface area contributed by atoms with Gasteiger partial charge in [-0.3, -0.25) is 14.4 Å². The summed E-state index contributed by atoms with van der Waals surface area (Å²) in [5.41, 5.74) is 1.58. The van der Waals surface area contributed by atoms with Crippen molar-refractivity contribution in [2.75, 3.05) is 19.6 Å². The summed E-state index contributed by atoms with van der Waals surface area (Å²) >= 11 is 11.9. The molecule has 0 unspecified atom stereocenters. The van der Waals surface area contributed by atoms with Crippen LogP contribution in [0.15, 0.2) is 53.8 Å². The van der Waals surface area contributed by atoms with E-state index in [0.29, 0.717) is 35.0 Å². The number of aliphatic hydroxyl groups excluding tert-OH is 1. The zero-order chi connectivity index (χ0) is 24.0. The van der Waals surface area contributed by atoms with E-state index in [-0.39, 0.29) is 31.0 Å². The molecule has 3 rings (SSSR count). The molecule has 3 N–H and O–H groups in total. The third kappa shape index (κ3) is 6.69. The Morgan fingerprint density at radius 3 is 2.42 bits per heavy atom. The minimum Gasteiger partial charge on any atom is -0.503 e. The number of amides is 3. The summed E-state index contributed by atoms with van der Waals surface area (Å²) in [7, 11) is 0. The molecule has 2 aromatic carbocycles. The average Bonchev–Trinajstić information content (AvgIpc) is 3.07. The smallest absolute Gasteiger partial charge is 0.290 e. The average molecular weight is 494 g/mol. The predicted molar refractivity (Wildman–Crippen MR) is 122 cm³/mol. The molecule has 0 aromatic heterocycles. The van der Waals surface area contributed by atoms with Crippen molar-refractivity contribution in [3.8, 4) is 0 Å². The van der Waals surface area contributed by atoms with E-state index in [2.05, 4.69) is 10.6 Å². The summed E-state index contributed by atoms with van der Waals surface area (Å²) < 4.78 is 12.9. The first-order valence-electron chi connectivity index (χ1n) is 10.2. The third-order valence-corrected chi connectivity index (χ3v) is 5.79. The van der Waals surface area contributed by atoms with Crippen LogP contribution in [0.3, 0.4) is 0 Å². The van der Waals surface area contributed by atoms with Crippen molar-refractivity contribution in [3.05, 3.63) is 80.8 Å². The molecule has 10 heteroatoms. The maximum absolute atomic E-state index is 12.9. The van der Waals surface area contributed by atoms with Gasteiger partial charge in [-0.2, -0.15) is 0 Å². The molecule has 1 aliphatic heterocycles. The van der Waals surface area contributed by atoms with Gasteiger partial charge in [0.25, 0.3) is 11.8 Å². The van der Waals surface area contributed by atoms with E-state index in [1.54, 1.807) is 12.1 Å². The number of aliphatic hydroxyl groups is 1. The van der Waals surface area contributed by atoms with Crippen molar-refractivity contribution in [2.45, 2.75) is 19.4 Å². The molecule has 174 valence electrons. The number of aryl methyl sites for hydroxylation is 1. The summed E-state index contributed by atoms with van der Waals surface area (Å²) in [5, 5.41) is 16.3. The highest BCUT2D eigenvalue weighted by molar-refractivity contribution is 6.42.